The molecule has 0 aliphatic rings. The van der Waals surface area contributed by atoms with Crippen LogP contribution in [-0.4, -0.2) is 39.4 Å². The summed E-state index contributed by atoms with van der Waals surface area (Å²) in [6.07, 6.45) is 3.79. The Labute approximate surface area is 159 Å². The van der Waals surface area contributed by atoms with Crippen molar-refractivity contribution in [2.45, 2.75) is 11.4 Å². The van der Waals surface area contributed by atoms with E-state index in [-0.39, 0.29) is 28.9 Å². The molecule has 3 aromatic heterocycles. The molecule has 0 saturated carbocycles. The maximum absolute atomic E-state index is 14.1. The van der Waals surface area contributed by atoms with Crippen LogP contribution < -0.4 is 5.73 Å². The maximum Gasteiger partial charge on any atom is 0.182 e. The predicted molar refractivity (Wildman–Crippen MR) is 102 cm³/mol. The van der Waals surface area contributed by atoms with Gasteiger partial charge in [-0.15, -0.1) is 0 Å². The summed E-state index contributed by atoms with van der Waals surface area (Å²) in [6.45, 7) is 0.164. The second kappa shape index (κ2) is 6.64. The van der Waals surface area contributed by atoms with Gasteiger partial charge >= 0.3 is 0 Å². The molecule has 0 fully saturated rings. The molecule has 4 aromatic rings. The monoisotopic (exact) mass is 398 g/mol. The molecule has 28 heavy (non-hydrogen) atoms. The zero-order chi connectivity index (χ0) is 19.9. The number of benzene rings is 1. The van der Waals surface area contributed by atoms with Crippen LogP contribution in [0.2, 0.25) is 0 Å². The number of hydrogen-bond acceptors (Lipinski definition) is 7. The fourth-order valence-corrected chi connectivity index (χ4v) is 3.53. The molecule has 4 rings (SSSR count). The van der Waals surface area contributed by atoms with Crippen LogP contribution in [0, 0.1) is 5.82 Å². The van der Waals surface area contributed by atoms with Crippen molar-refractivity contribution in [3.8, 4) is 11.5 Å². The fourth-order valence-electron chi connectivity index (χ4n) is 2.86. The minimum atomic E-state index is -3.54. The lowest BCUT2D eigenvalue weighted by atomic mass is 10.2. The number of anilines is 1. The number of fused-ring (bicyclic) bond motifs is 1. The minimum absolute atomic E-state index is 0.149. The van der Waals surface area contributed by atoms with Crippen LogP contribution >= 0.6 is 0 Å². The van der Waals surface area contributed by atoms with Gasteiger partial charge in [0, 0.05) is 18.0 Å². The molecule has 0 amide bonds. The van der Waals surface area contributed by atoms with E-state index in [4.69, 9.17) is 5.73 Å². The molecule has 2 N–H and O–H groups in total. The summed E-state index contributed by atoms with van der Waals surface area (Å²) >= 11 is 0. The minimum Gasteiger partial charge on any atom is -0.382 e. The van der Waals surface area contributed by atoms with Crippen LogP contribution in [0.5, 0.6) is 0 Å². The lowest BCUT2D eigenvalue weighted by Gasteiger charge is -2.04. The summed E-state index contributed by atoms with van der Waals surface area (Å²) in [6, 6.07) is 9.92. The van der Waals surface area contributed by atoms with Crippen LogP contribution in [0.3, 0.4) is 0 Å². The first-order valence-corrected chi connectivity index (χ1v) is 10.1. The van der Waals surface area contributed by atoms with E-state index in [1.165, 1.54) is 6.07 Å². The van der Waals surface area contributed by atoms with Gasteiger partial charge in [0.2, 0.25) is 0 Å². The zero-order valence-electron chi connectivity index (χ0n) is 14.7. The van der Waals surface area contributed by atoms with Gasteiger partial charge in [0.05, 0.1) is 18.1 Å². The Kier molecular flexibility index (Phi) is 4.27. The zero-order valence-corrected chi connectivity index (χ0v) is 15.6. The van der Waals surface area contributed by atoms with E-state index >= 15 is 0 Å². The molecule has 0 aliphatic carbocycles. The molecule has 142 valence electrons. The fraction of sp³-hybridized carbons (Fsp3) is 0.111. The molecule has 3 heterocycles. The summed E-state index contributed by atoms with van der Waals surface area (Å²) < 4.78 is 39.1. The third-order valence-electron chi connectivity index (χ3n) is 4.18. The van der Waals surface area contributed by atoms with Gasteiger partial charge in [-0.2, -0.15) is 5.10 Å². The highest BCUT2D eigenvalue weighted by Crippen LogP contribution is 2.27. The van der Waals surface area contributed by atoms with Gasteiger partial charge in [-0.25, -0.2) is 32.4 Å². The van der Waals surface area contributed by atoms with Crippen molar-refractivity contribution in [1.29, 1.82) is 0 Å². The third kappa shape index (κ3) is 3.18. The molecule has 0 spiro atoms. The average molecular weight is 398 g/mol. The Bertz CT molecular complexity index is 1300. The van der Waals surface area contributed by atoms with Gasteiger partial charge in [0.15, 0.2) is 21.3 Å². The van der Waals surface area contributed by atoms with Crippen LogP contribution in [0.15, 0.2) is 53.7 Å². The van der Waals surface area contributed by atoms with Crippen molar-refractivity contribution in [1.82, 2.24) is 24.7 Å². The Morgan fingerprint density at radius 3 is 2.64 bits per heavy atom. The molecule has 0 bridgehead atoms. The Morgan fingerprint density at radius 1 is 1.14 bits per heavy atom. The highest BCUT2D eigenvalue weighted by molar-refractivity contribution is 7.90. The van der Waals surface area contributed by atoms with Crippen molar-refractivity contribution < 1.29 is 12.8 Å². The summed E-state index contributed by atoms with van der Waals surface area (Å²) in [7, 11) is -3.54. The number of nitrogen functional groups attached to an aromatic ring is 1. The van der Waals surface area contributed by atoms with E-state index in [1.807, 2.05) is 0 Å². The van der Waals surface area contributed by atoms with Gasteiger partial charge in [0.25, 0.3) is 0 Å². The lowest BCUT2D eigenvalue weighted by molar-refractivity contribution is 0.589. The van der Waals surface area contributed by atoms with Crippen molar-refractivity contribution >= 4 is 26.7 Å². The molecule has 1 aromatic carbocycles. The first-order chi connectivity index (χ1) is 13.3. The maximum atomic E-state index is 14.1. The van der Waals surface area contributed by atoms with E-state index in [0.29, 0.717) is 22.3 Å². The molecule has 0 unspecified atom stereocenters. The number of pyridine rings is 1. The largest absolute Gasteiger partial charge is 0.382 e. The van der Waals surface area contributed by atoms with Crippen LogP contribution in [0.4, 0.5) is 10.2 Å². The van der Waals surface area contributed by atoms with Crippen molar-refractivity contribution in [3.63, 3.8) is 0 Å². The number of nitrogens with zero attached hydrogens (tertiary/aromatic N) is 5. The Balaban J connectivity index is 1.85. The quantitative estimate of drug-likeness (QED) is 0.559. The van der Waals surface area contributed by atoms with Gasteiger partial charge in [0.1, 0.15) is 22.2 Å². The Morgan fingerprint density at radius 2 is 1.93 bits per heavy atom. The van der Waals surface area contributed by atoms with Crippen LogP contribution in [0.25, 0.3) is 22.6 Å². The van der Waals surface area contributed by atoms with Gasteiger partial charge in [-0.05, 0) is 18.2 Å². The number of hydrogen-bond donors (Lipinski definition) is 1. The SMILES string of the molecule is CS(=O)(=O)c1cnc(-c2nn(Cc3ccccc3F)c3ncccc23)nc1N. The summed E-state index contributed by atoms with van der Waals surface area (Å²) in [5, 5.41) is 5.13. The average Bonchev–Trinajstić information content (AvgIpc) is 3.01. The summed E-state index contributed by atoms with van der Waals surface area (Å²) in [5.41, 5.74) is 7.17. The summed E-state index contributed by atoms with van der Waals surface area (Å²) in [5.74, 6) is -0.343. The Hall–Kier alpha value is -3.40. The topological polar surface area (TPSA) is 117 Å². The molecule has 0 aliphatic heterocycles. The van der Waals surface area contributed by atoms with Crippen LogP contribution in [0.1, 0.15) is 5.56 Å². The second-order valence-corrected chi connectivity index (χ2v) is 8.17. The summed E-state index contributed by atoms with van der Waals surface area (Å²) in [4.78, 5) is 12.4. The lowest BCUT2D eigenvalue weighted by Crippen LogP contribution is -2.07. The van der Waals surface area contributed by atoms with E-state index in [2.05, 4.69) is 20.1 Å². The molecule has 8 nitrogen and oxygen atoms in total. The van der Waals surface area contributed by atoms with Gasteiger partial charge in [-0.1, -0.05) is 18.2 Å². The first kappa shape index (κ1) is 18.0. The van der Waals surface area contributed by atoms with Crippen molar-refractivity contribution in [3.05, 3.63) is 60.2 Å². The third-order valence-corrected chi connectivity index (χ3v) is 5.29. The molecule has 10 heteroatoms. The van der Waals surface area contributed by atoms with Crippen LogP contribution in [-0.2, 0) is 16.4 Å². The number of sulfone groups is 1. The standard InChI is InChI=1S/C18H15FN6O2S/c1-28(26,27)14-9-22-17(23-16(14)20)15-12-6-4-8-21-18(12)25(24-15)10-11-5-2-3-7-13(11)19/h2-9H,10H2,1H3,(H2,20,22,23). The molecular formula is C18H15FN6O2S. The molecule has 0 radical (unpaired) electrons. The normalized spacial score (nSPS) is 11.8. The number of halogens is 1. The molecular weight excluding hydrogens is 383 g/mol. The molecule has 0 saturated heterocycles. The van der Waals surface area contributed by atoms with Gasteiger partial charge < -0.3 is 5.73 Å². The smallest absolute Gasteiger partial charge is 0.182 e. The van der Waals surface area contributed by atoms with E-state index in [0.717, 1.165) is 12.5 Å². The van der Waals surface area contributed by atoms with E-state index in [1.54, 1.807) is 41.2 Å². The number of nitrogens with two attached hydrogens (primary N) is 1. The van der Waals surface area contributed by atoms with Gasteiger partial charge in [-0.3, -0.25) is 0 Å². The van der Waals surface area contributed by atoms with E-state index < -0.39 is 9.84 Å². The van der Waals surface area contributed by atoms with Crippen molar-refractivity contribution in [2.24, 2.45) is 0 Å². The van der Waals surface area contributed by atoms with E-state index in [9.17, 15) is 12.8 Å². The number of aromatic nitrogens is 5. The second-order valence-electron chi connectivity index (χ2n) is 6.19. The number of rotatable bonds is 4. The van der Waals surface area contributed by atoms with Crippen molar-refractivity contribution in [2.75, 3.05) is 12.0 Å². The predicted octanol–water partition coefficient (Wildman–Crippen LogP) is 2.06. The highest BCUT2D eigenvalue weighted by atomic mass is 32.2. The molecule has 0 atom stereocenters. The first-order valence-electron chi connectivity index (χ1n) is 8.22. The highest BCUT2D eigenvalue weighted by Gasteiger charge is 2.20.